The molecule has 0 aliphatic carbocycles. The molecule has 0 spiro atoms. The van der Waals surface area contributed by atoms with Crippen molar-refractivity contribution in [1.82, 2.24) is 4.67 Å². The Bertz CT molecular complexity index is 449. The van der Waals surface area contributed by atoms with E-state index in [-0.39, 0.29) is 12.1 Å². The Morgan fingerprint density at radius 3 is 1.52 bits per heavy atom. The first kappa shape index (κ1) is 32.7. The fourth-order valence-corrected chi connectivity index (χ4v) is 4.92. The van der Waals surface area contributed by atoms with Gasteiger partial charge >= 0.3 is 0 Å². The molecule has 0 fully saturated rings. The van der Waals surface area contributed by atoms with Crippen LogP contribution in [-0.2, 0) is 23.3 Å². The van der Waals surface area contributed by atoms with E-state index in [4.69, 9.17) is 29.8 Å². The molecule has 0 aliphatic rings. The Balaban J connectivity index is 5.78. The van der Waals surface area contributed by atoms with Crippen molar-refractivity contribution in [3.05, 3.63) is 11.4 Å². The summed E-state index contributed by atoms with van der Waals surface area (Å²) in [5.74, 6) is 0. The average molecular weight is 491 g/mol. The van der Waals surface area contributed by atoms with Gasteiger partial charge in [0.25, 0.3) is 8.53 Å². The molecule has 0 rings (SSSR count). The van der Waals surface area contributed by atoms with Gasteiger partial charge in [-0.1, -0.05) is 40.0 Å². The third-order valence-electron chi connectivity index (χ3n) is 4.95. The summed E-state index contributed by atoms with van der Waals surface area (Å²) in [5, 5.41) is 0. The van der Waals surface area contributed by atoms with Crippen LogP contribution >= 0.6 is 8.53 Å². The molecule has 7 nitrogen and oxygen atoms in total. The zero-order chi connectivity index (χ0) is 25.0. The predicted octanol–water partition coefficient (Wildman–Crippen LogP) is 6.47. The molecule has 0 saturated heterocycles. The third-order valence-corrected chi connectivity index (χ3v) is 7.19. The van der Waals surface area contributed by atoms with Crippen molar-refractivity contribution < 1.29 is 23.3 Å². The highest BCUT2D eigenvalue weighted by Gasteiger charge is 2.40. The van der Waals surface area contributed by atoms with Crippen LogP contribution in [0.15, 0.2) is 0 Å². The quantitative estimate of drug-likeness (QED) is 0.0929. The van der Waals surface area contributed by atoms with Crippen LogP contribution in [0.3, 0.4) is 0 Å². The van der Waals surface area contributed by atoms with E-state index < -0.39 is 14.1 Å². The lowest BCUT2D eigenvalue weighted by Crippen LogP contribution is -2.48. The van der Waals surface area contributed by atoms with Crippen molar-refractivity contribution in [2.45, 2.75) is 105 Å². The number of ether oxygens (including phenoxy) is 3. The first-order valence-electron chi connectivity index (χ1n) is 12.8. The standard InChI is InChI=1S/C25H51N2O5P/c1-9-12-16-28-20-25(21-29-17-13-10-2,22-30-18-14-11-3)32-33(31-19-15-26-8)27(23(4)5)24(6)7/h23-24H,9-22H2,1-7H3. The van der Waals surface area contributed by atoms with Gasteiger partial charge in [0.2, 0.25) is 6.54 Å². The van der Waals surface area contributed by atoms with E-state index in [0.29, 0.717) is 52.8 Å². The summed E-state index contributed by atoms with van der Waals surface area (Å²) in [6.07, 6.45) is 6.25. The molecule has 0 bridgehead atoms. The highest BCUT2D eigenvalue weighted by Crippen LogP contribution is 2.49. The molecular formula is C25H51N2O5P. The Morgan fingerprint density at radius 2 is 1.18 bits per heavy atom. The molecule has 33 heavy (non-hydrogen) atoms. The monoisotopic (exact) mass is 490 g/mol. The van der Waals surface area contributed by atoms with E-state index in [0.717, 1.165) is 38.5 Å². The van der Waals surface area contributed by atoms with Crippen molar-refractivity contribution in [1.29, 1.82) is 0 Å². The summed E-state index contributed by atoms with van der Waals surface area (Å²) in [6.45, 7) is 26.0. The lowest BCUT2D eigenvalue weighted by molar-refractivity contribution is -0.122. The minimum absolute atomic E-state index is 0.227. The van der Waals surface area contributed by atoms with Crippen LogP contribution in [0.2, 0.25) is 0 Å². The molecule has 0 aromatic rings. The zero-order valence-electron chi connectivity index (χ0n) is 22.4. The van der Waals surface area contributed by atoms with Crippen molar-refractivity contribution in [3.8, 4) is 0 Å². The summed E-state index contributed by atoms with van der Waals surface area (Å²) in [6, 6.07) is 0.453. The number of hydrogen-bond donors (Lipinski definition) is 0. The summed E-state index contributed by atoms with van der Waals surface area (Å²) in [4.78, 5) is 3.45. The maximum Gasteiger partial charge on any atom is 0.260 e. The minimum Gasteiger partial charge on any atom is -0.378 e. The summed E-state index contributed by atoms with van der Waals surface area (Å²) >= 11 is 0. The highest BCUT2D eigenvalue weighted by atomic mass is 31.2. The van der Waals surface area contributed by atoms with Crippen LogP contribution in [-0.4, -0.2) is 75.1 Å². The van der Waals surface area contributed by atoms with Crippen molar-refractivity contribution in [2.24, 2.45) is 0 Å². The van der Waals surface area contributed by atoms with E-state index in [1.165, 1.54) is 0 Å². The fraction of sp³-hybridized carbons (Fsp3) is 0.960. The van der Waals surface area contributed by atoms with Crippen LogP contribution in [0, 0.1) is 6.57 Å². The van der Waals surface area contributed by atoms with Gasteiger partial charge in [0.15, 0.2) is 0 Å². The van der Waals surface area contributed by atoms with Gasteiger partial charge in [-0.05, 0) is 47.0 Å². The first-order valence-corrected chi connectivity index (χ1v) is 14.0. The van der Waals surface area contributed by atoms with E-state index in [1.54, 1.807) is 0 Å². The molecule has 8 heteroatoms. The van der Waals surface area contributed by atoms with Crippen LogP contribution in [0.5, 0.6) is 0 Å². The second-order valence-corrected chi connectivity index (χ2v) is 10.4. The lowest BCUT2D eigenvalue weighted by Gasteiger charge is -2.41. The molecule has 0 N–H and O–H groups in total. The van der Waals surface area contributed by atoms with Gasteiger partial charge in [0.05, 0.1) is 19.8 Å². The maximum absolute atomic E-state index is 7.13. The average Bonchev–Trinajstić information content (AvgIpc) is 2.77. The Labute approximate surface area is 205 Å². The Morgan fingerprint density at radius 1 is 0.758 bits per heavy atom. The molecule has 0 aromatic heterocycles. The topological polar surface area (TPSA) is 53.8 Å². The smallest absolute Gasteiger partial charge is 0.260 e. The second kappa shape index (κ2) is 21.0. The van der Waals surface area contributed by atoms with Gasteiger partial charge in [-0.25, -0.2) is 11.2 Å². The summed E-state index contributed by atoms with van der Waals surface area (Å²) < 4.78 is 33.5. The molecule has 0 heterocycles. The fourth-order valence-electron chi connectivity index (χ4n) is 3.16. The van der Waals surface area contributed by atoms with E-state index in [2.05, 4.69) is 58.0 Å². The predicted molar refractivity (Wildman–Crippen MR) is 137 cm³/mol. The molecular weight excluding hydrogens is 439 g/mol. The van der Waals surface area contributed by atoms with Gasteiger partial charge in [-0.2, -0.15) is 0 Å². The molecule has 0 aromatic carbocycles. The summed E-state index contributed by atoms with van der Waals surface area (Å²) in [7, 11) is -1.43. The molecule has 0 aliphatic heterocycles. The van der Waals surface area contributed by atoms with Crippen molar-refractivity contribution >= 4 is 8.53 Å². The third kappa shape index (κ3) is 15.3. The SMILES string of the molecule is [C-]#[N+]CCOP(OC(COCCCC)(COCCCC)COCCCC)N(C(C)C)C(C)C. The van der Waals surface area contributed by atoms with E-state index in [9.17, 15) is 0 Å². The maximum atomic E-state index is 7.13. The number of unbranched alkanes of at least 4 members (excludes halogenated alkanes) is 3. The van der Waals surface area contributed by atoms with Gasteiger partial charge in [-0.3, -0.25) is 0 Å². The second-order valence-electron chi connectivity index (χ2n) is 9.01. The molecule has 0 saturated carbocycles. The van der Waals surface area contributed by atoms with Crippen LogP contribution < -0.4 is 0 Å². The van der Waals surface area contributed by atoms with Crippen molar-refractivity contribution in [3.63, 3.8) is 0 Å². The minimum atomic E-state index is -1.43. The van der Waals surface area contributed by atoms with Crippen LogP contribution in [0.25, 0.3) is 4.85 Å². The molecule has 196 valence electrons. The largest absolute Gasteiger partial charge is 0.378 e. The Kier molecular flexibility index (Phi) is 20.8. The Hall–Kier alpha value is -0.320. The number of hydrogen-bond acceptors (Lipinski definition) is 6. The lowest BCUT2D eigenvalue weighted by atomic mass is 10.1. The normalized spacial score (nSPS) is 13.2. The van der Waals surface area contributed by atoms with Gasteiger partial charge in [0, 0.05) is 31.9 Å². The molecule has 0 amide bonds. The van der Waals surface area contributed by atoms with Crippen LogP contribution in [0.1, 0.15) is 87.0 Å². The first-order chi connectivity index (χ1) is 15.9. The zero-order valence-corrected chi connectivity index (χ0v) is 23.3. The molecule has 0 radical (unpaired) electrons. The molecule has 1 atom stereocenters. The van der Waals surface area contributed by atoms with E-state index in [1.807, 2.05) is 0 Å². The molecule has 1 unspecified atom stereocenters. The summed E-state index contributed by atoms with van der Waals surface area (Å²) in [5.41, 5.74) is -0.763. The van der Waals surface area contributed by atoms with Gasteiger partial charge in [-0.15, -0.1) is 0 Å². The highest BCUT2D eigenvalue weighted by molar-refractivity contribution is 7.44. The van der Waals surface area contributed by atoms with Crippen LogP contribution in [0.4, 0.5) is 0 Å². The van der Waals surface area contributed by atoms with Gasteiger partial charge in [0.1, 0.15) is 12.2 Å². The number of rotatable bonds is 23. The number of nitrogens with zero attached hydrogens (tertiary/aromatic N) is 2. The van der Waals surface area contributed by atoms with Crippen molar-refractivity contribution in [2.75, 3.05) is 52.8 Å². The van der Waals surface area contributed by atoms with Gasteiger partial charge < -0.3 is 28.1 Å². The van der Waals surface area contributed by atoms with E-state index >= 15 is 0 Å².